The number of likely N-dealkylation sites (N-methyl/N-ethyl adjacent to an activating group) is 1. The van der Waals surface area contributed by atoms with Crippen LogP contribution in [0.1, 0.15) is 37.5 Å². The molecule has 2 unspecified atom stereocenters. The number of amides is 3. The molecule has 2 aromatic carbocycles. The van der Waals surface area contributed by atoms with Crippen LogP contribution >= 0.6 is 0 Å². The van der Waals surface area contributed by atoms with E-state index < -0.39 is 11.7 Å². The summed E-state index contributed by atoms with van der Waals surface area (Å²) in [6, 6.07) is 18.0. The zero-order valence-corrected chi connectivity index (χ0v) is 17.4. The number of hydrogen-bond acceptors (Lipinski definition) is 3. The van der Waals surface area contributed by atoms with E-state index in [9.17, 15) is 14.9 Å². The first kappa shape index (κ1) is 20.4. The van der Waals surface area contributed by atoms with Crippen LogP contribution in [0.3, 0.4) is 0 Å². The zero-order valence-electron chi connectivity index (χ0n) is 17.4. The van der Waals surface area contributed by atoms with Gasteiger partial charge in [-0.05, 0) is 23.3 Å². The van der Waals surface area contributed by atoms with E-state index >= 15 is 0 Å². The fourth-order valence-electron chi connectivity index (χ4n) is 4.34. The van der Waals surface area contributed by atoms with Crippen molar-refractivity contribution in [3.05, 3.63) is 71.3 Å². The Hall–Kier alpha value is -3.33. The molecule has 1 saturated heterocycles. The highest BCUT2D eigenvalue weighted by Crippen LogP contribution is 2.48. The van der Waals surface area contributed by atoms with Crippen molar-refractivity contribution in [2.75, 3.05) is 14.1 Å². The molecule has 0 aliphatic carbocycles. The lowest BCUT2D eigenvalue weighted by molar-refractivity contribution is -0.132. The highest BCUT2D eigenvalue weighted by molar-refractivity contribution is 5.98. The Labute approximate surface area is 171 Å². The van der Waals surface area contributed by atoms with Crippen molar-refractivity contribution in [3.63, 3.8) is 0 Å². The average molecular weight is 390 g/mol. The van der Waals surface area contributed by atoms with Crippen molar-refractivity contribution in [1.82, 2.24) is 15.1 Å². The quantitative estimate of drug-likeness (QED) is 0.855. The first-order valence-corrected chi connectivity index (χ1v) is 9.54. The number of carbonyl (C=O) groups excluding carboxylic acids is 2. The first-order valence-electron chi connectivity index (χ1n) is 9.54. The third-order valence-corrected chi connectivity index (χ3v) is 5.43. The number of rotatable bonds is 2. The molecule has 2 atom stereocenters. The second-order valence-electron chi connectivity index (χ2n) is 8.35. The molecule has 0 bridgehead atoms. The molecule has 0 aromatic heterocycles. The van der Waals surface area contributed by atoms with E-state index in [4.69, 9.17) is 0 Å². The van der Waals surface area contributed by atoms with Gasteiger partial charge in [0, 0.05) is 19.5 Å². The van der Waals surface area contributed by atoms with Crippen LogP contribution in [-0.2, 0) is 10.3 Å². The number of urea groups is 1. The molecule has 29 heavy (non-hydrogen) atoms. The fraction of sp³-hybridized carbons (Fsp3) is 0.348. The van der Waals surface area contributed by atoms with Gasteiger partial charge in [-0.3, -0.25) is 9.69 Å². The van der Waals surface area contributed by atoms with E-state index in [-0.39, 0.29) is 17.4 Å². The molecule has 6 heteroatoms. The van der Waals surface area contributed by atoms with Crippen LogP contribution in [0.4, 0.5) is 4.79 Å². The van der Waals surface area contributed by atoms with Gasteiger partial charge in [-0.1, -0.05) is 63.2 Å². The van der Waals surface area contributed by atoms with Gasteiger partial charge in [-0.25, -0.2) is 4.79 Å². The van der Waals surface area contributed by atoms with E-state index in [0.29, 0.717) is 16.7 Å². The summed E-state index contributed by atoms with van der Waals surface area (Å²) in [5.74, 6) is -0.183. The second kappa shape index (κ2) is 7.25. The minimum Gasteiger partial charge on any atom is -0.341 e. The third-order valence-electron chi connectivity index (χ3n) is 5.43. The molecule has 3 rings (SSSR count). The summed E-state index contributed by atoms with van der Waals surface area (Å²) < 4.78 is 0. The number of hydrogen-bond donors (Lipinski definition) is 1. The van der Waals surface area contributed by atoms with Crippen LogP contribution in [0.25, 0.3) is 0 Å². The fourth-order valence-corrected chi connectivity index (χ4v) is 4.34. The molecule has 1 aliphatic rings. The van der Waals surface area contributed by atoms with Gasteiger partial charge in [-0.2, -0.15) is 5.26 Å². The zero-order chi connectivity index (χ0) is 21.4. The van der Waals surface area contributed by atoms with Gasteiger partial charge >= 0.3 is 6.03 Å². The Bertz CT molecular complexity index is 957. The summed E-state index contributed by atoms with van der Waals surface area (Å²) in [6.07, 6.45) is -0.467. The molecule has 1 N–H and O–H groups in total. The van der Waals surface area contributed by atoms with Gasteiger partial charge < -0.3 is 10.2 Å². The predicted octanol–water partition coefficient (Wildman–Crippen LogP) is 3.29. The molecule has 2 aromatic rings. The topological polar surface area (TPSA) is 76.4 Å². The van der Waals surface area contributed by atoms with Gasteiger partial charge in [-0.15, -0.1) is 0 Å². The maximum atomic E-state index is 13.9. The Morgan fingerprint density at radius 3 is 2.10 bits per heavy atom. The van der Waals surface area contributed by atoms with E-state index in [1.165, 1.54) is 0 Å². The minimum atomic E-state index is -1.33. The van der Waals surface area contributed by atoms with E-state index in [2.05, 4.69) is 11.4 Å². The number of nitriles is 1. The van der Waals surface area contributed by atoms with Crippen molar-refractivity contribution in [2.45, 2.75) is 32.5 Å². The lowest BCUT2D eigenvalue weighted by atomic mass is 9.80. The van der Waals surface area contributed by atoms with E-state index in [1.54, 1.807) is 48.2 Å². The molecule has 1 aliphatic heterocycles. The summed E-state index contributed by atoms with van der Waals surface area (Å²) in [5, 5.41) is 11.9. The lowest BCUT2D eigenvalue weighted by Crippen LogP contribution is -2.57. The molecule has 1 fully saturated rings. The van der Waals surface area contributed by atoms with Crippen LogP contribution in [0, 0.1) is 16.7 Å². The Balaban J connectivity index is 2.40. The van der Waals surface area contributed by atoms with Crippen LogP contribution in [0.2, 0.25) is 0 Å². The molecule has 150 valence electrons. The summed E-state index contributed by atoms with van der Waals surface area (Å²) in [4.78, 5) is 30.4. The van der Waals surface area contributed by atoms with Crippen molar-refractivity contribution in [3.8, 4) is 6.07 Å². The average Bonchev–Trinajstić information content (AvgIpc) is 2.96. The molecular formula is C23H26N4O2. The Morgan fingerprint density at radius 1 is 1.07 bits per heavy atom. The van der Waals surface area contributed by atoms with Gasteiger partial charge in [0.1, 0.15) is 6.17 Å². The molecule has 6 nitrogen and oxygen atoms in total. The maximum Gasteiger partial charge on any atom is 0.320 e. The monoisotopic (exact) mass is 390 g/mol. The van der Waals surface area contributed by atoms with E-state index in [1.807, 2.05) is 51.1 Å². The smallest absolute Gasteiger partial charge is 0.320 e. The minimum absolute atomic E-state index is 0.183. The van der Waals surface area contributed by atoms with Crippen molar-refractivity contribution >= 4 is 11.9 Å². The number of carbonyl (C=O) groups is 2. The third kappa shape index (κ3) is 3.03. The van der Waals surface area contributed by atoms with Crippen molar-refractivity contribution in [1.29, 1.82) is 5.26 Å². The Kier molecular flexibility index (Phi) is 5.10. The standard InChI is InChI=1S/C23H26N4O2/c1-22(2,3)19-26(5)20(28)23(27(19)21(29)25-4,17-9-7-6-8-10-17)18-13-11-16(15-24)12-14-18/h6-14,19H,1-5H3,(H,25,29). The van der Waals surface area contributed by atoms with Crippen molar-refractivity contribution < 1.29 is 9.59 Å². The summed E-state index contributed by atoms with van der Waals surface area (Å²) in [5.41, 5.74) is 0.128. The largest absolute Gasteiger partial charge is 0.341 e. The molecule has 0 saturated carbocycles. The predicted molar refractivity (Wildman–Crippen MR) is 111 cm³/mol. The molecule has 0 spiro atoms. The summed E-state index contributed by atoms with van der Waals surface area (Å²) in [7, 11) is 3.31. The lowest BCUT2D eigenvalue weighted by Gasteiger charge is -2.43. The highest BCUT2D eigenvalue weighted by atomic mass is 16.2. The summed E-state index contributed by atoms with van der Waals surface area (Å²) in [6.45, 7) is 6.03. The number of nitrogens with one attached hydrogen (secondary N) is 1. The van der Waals surface area contributed by atoms with Gasteiger partial charge in [0.25, 0.3) is 5.91 Å². The molecule has 0 radical (unpaired) electrons. The first-order chi connectivity index (χ1) is 13.7. The summed E-state index contributed by atoms with van der Waals surface area (Å²) >= 11 is 0. The molecule has 1 heterocycles. The molecular weight excluding hydrogens is 364 g/mol. The highest BCUT2D eigenvalue weighted by Gasteiger charge is 2.62. The normalized spacial score (nSPS) is 21.8. The van der Waals surface area contributed by atoms with Crippen LogP contribution in [0.5, 0.6) is 0 Å². The second-order valence-corrected chi connectivity index (χ2v) is 8.35. The van der Waals surface area contributed by atoms with Crippen LogP contribution in [0.15, 0.2) is 54.6 Å². The number of benzene rings is 2. The molecule has 3 amide bonds. The van der Waals surface area contributed by atoms with Crippen LogP contribution in [-0.4, -0.2) is 42.0 Å². The van der Waals surface area contributed by atoms with Crippen LogP contribution < -0.4 is 5.32 Å². The SMILES string of the molecule is CNC(=O)N1C(C(C)(C)C)N(C)C(=O)C1(c1ccccc1)c1ccc(C#N)cc1. The van der Waals surface area contributed by atoms with Gasteiger partial charge in [0.05, 0.1) is 11.6 Å². The Morgan fingerprint density at radius 2 is 1.62 bits per heavy atom. The van der Waals surface area contributed by atoms with Crippen molar-refractivity contribution in [2.24, 2.45) is 5.41 Å². The van der Waals surface area contributed by atoms with Gasteiger partial charge in [0.2, 0.25) is 0 Å². The van der Waals surface area contributed by atoms with Gasteiger partial charge in [0.15, 0.2) is 5.54 Å². The maximum absolute atomic E-state index is 13.9. The number of nitrogens with zero attached hydrogens (tertiary/aromatic N) is 3. The van der Waals surface area contributed by atoms with E-state index in [0.717, 1.165) is 0 Å².